The molecule has 0 aromatic carbocycles. The highest BCUT2D eigenvalue weighted by Crippen LogP contribution is 2.28. The van der Waals surface area contributed by atoms with Crippen LogP contribution in [0.1, 0.15) is 50.6 Å². The highest BCUT2D eigenvalue weighted by Gasteiger charge is 2.23. The molecule has 17 heavy (non-hydrogen) atoms. The standard InChI is InChI=1S/C12H22N4O/c1-9(2)8-16-10(7-13)12(14-15-16)11-5-3-4-6-17-11/h9,11H,3-8,13H2,1-2H3. The SMILES string of the molecule is CC(C)Cn1nnc(C2CCCCO2)c1CN. The number of hydrogen-bond acceptors (Lipinski definition) is 4. The van der Waals surface area contributed by atoms with Gasteiger partial charge >= 0.3 is 0 Å². The van der Waals surface area contributed by atoms with E-state index in [1.54, 1.807) is 0 Å². The summed E-state index contributed by atoms with van der Waals surface area (Å²) in [5, 5.41) is 8.48. The second-order valence-electron chi connectivity index (χ2n) is 5.06. The molecule has 0 aliphatic carbocycles. The first-order chi connectivity index (χ1) is 8.22. The highest BCUT2D eigenvalue weighted by atomic mass is 16.5. The van der Waals surface area contributed by atoms with E-state index in [1.807, 2.05) is 4.68 Å². The van der Waals surface area contributed by atoms with Gasteiger partial charge in [-0.15, -0.1) is 5.10 Å². The lowest BCUT2D eigenvalue weighted by molar-refractivity contribution is 0.0117. The van der Waals surface area contributed by atoms with Gasteiger partial charge in [-0.1, -0.05) is 19.1 Å². The molecule has 2 rings (SSSR count). The molecule has 0 amide bonds. The van der Waals surface area contributed by atoms with Crippen LogP contribution in [0.15, 0.2) is 0 Å². The topological polar surface area (TPSA) is 66.0 Å². The fourth-order valence-corrected chi connectivity index (χ4v) is 2.26. The van der Waals surface area contributed by atoms with Gasteiger partial charge < -0.3 is 10.5 Å². The van der Waals surface area contributed by atoms with Gasteiger partial charge in [-0.05, 0) is 25.2 Å². The maximum Gasteiger partial charge on any atom is 0.116 e. The van der Waals surface area contributed by atoms with Crippen molar-refractivity contribution in [2.75, 3.05) is 6.61 Å². The molecule has 0 saturated carbocycles. The molecule has 1 aliphatic heterocycles. The summed E-state index contributed by atoms with van der Waals surface area (Å²) in [6.07, 6.45) is 3.48. The molecule has 96 valence electrons. The zero-order valence-corrected chi connectivity index (χ0v) is 10.7. The molecule has 5 heteroatoms. The molecular weight excluding hydrogens is 216 g/mol. The molecule has 5 nitrogen and oxygen atoms in total. The first kappa shape index (κ1) is 12.5. The zero-order valence-electron chi connectivity index (χ0n) is 10.7. The Labute approximate surface area is 102 Å². The Morgan fingerprint density at radius 3 is 2.88 bits per heavy atom. The quantitative estimate of drug-likeness (QED) is 0.866. The molecule has 1 saturated heterocycles. The van der Waals surface area contributed by atoms with E-state index < -0.39 is 0 Å². The normalized spacial score (nSPS) is 21.1. The van der Waals surface area contributed by atoms with Crippen molar-refractivity contribution in [1.29, 1.82) is 0 Å². The van der Waals surface area contributed by atoms with E-state index in [-0.39, 0.29) is 6.10 Å². The van der Waals surface area contributed by atoms with Crippen molar-refractivity contribution in [1.82, 2.24) is 15.0 Å². The molecule has 1 unspecified atom stereocenters. The van der Waals surface area contributed by atoms with Gasteiger partial charge in [-0.2, -0.15) is 0 Å². The number of ether oxygens (including phenoxy) is 1. The van der Waals surface area contributed by atoms with Crippen LogP contribution in [0, 0.1) is 5.92 Å². The lowest BCUT2D eigenvalue weighted by atomic mass is 10.0. The van der Waals surface area contributed by atoms with Crippen molar-refractivity contribution in [3.8, 4) is 0 Å². The molecule has 0 bridgehead atoms. The molecule has 2 N–H and O–H groups in total. The molecule has 1 aliphatic rings. The number of nitrogens with zero attached hydrogens (tertiary/aromatic N) is 3. The van der Waals surface area contributed by atoms with E-state index in [9.17, 15) is 0 Å². The monoisotopic (exact) mass is 238 g/mol. The van der Waals surface area contributed by atoms with Gasteiger partial charge in [0.25, 0.3) is 0 Å². The van der Waals surface area contributed by atoms with Crippen LogP contribution in [0.5, 0.6) is 0 Å². The van der Waals surface area contributed by atoms with E-state index in [4.69, 9.17) is 10.5 Å². The summed E-state index contributed by atoms with van der Waals surface area (Å²) in [4.78, 5) is 0. The van der Waals surface area contributed by atoms with Crippen molar-refractivity contribution in [3.63, 3.8) is 0 Å². The van der Waals surface area contributed by atoms with Gasteiger partial charge in [-0.3, -0.25) is 0 Å². The van der Waals surface area contributed by atoms with Gasteiger partial charge in [-0.25, -0.2) is 4.68 Å². The second-order valence-corrected chi connectivity index (χ2v) is 5.06. The minimum atomic E-state index is 0.100. The van der Waals surface area contributed by atoms with Gasteiger partial charge in [0.2, 0.25) is 0 Å². The first-order valence-electron chi connectivity index (χ1n) is 6.46. The van der Waals surface area contributed by atoms with Crippen molar-refractivity contribution < 1.29 is 4.74 Å². The van der Waals surface area contributed by atoms with Crippen LogP contribution in [0.25, 0.3) is 0 Å². The minimum absolute atomic E-state index is 0.100. The molecule has 1 atom stereocenters. The molecule has 0 radical (unpaired) electrons. The molecule has 1 aromatic heterocycles. The van der Waals surface area contributed by atoms with Crippen LogP contribution >= 0.6 is 0 Å². The fourth-order valence-electron chi connectivity index (χ4n) is 2.26. The third-order valence-electron chi connectivity index (χ3n) is 3.08. The maximum atomic E-state index is 5.82. The summed E-state index contributed by atoms with van der Waals surface area (Å²) in [6, 6.07) is 0. The van der Waals surface area contributed by atoms with Gasteiger partial charge in [0, 0.05) is 19.7 Å². The van der Waals surface area contributed by atoms with Gasteiger partial charge in [0.1, 0.15) is 11.8 Å². The summed E-state index contributed by atoms with van der Waals surface area (Å²) in [6.45, 7) is 6.50. The highest BCUT2D eigenvalue weighted by molar-refractivity contribution is 5.13. The van der Waals surface area contributed by atoms with Crippen LogP contribution in [0.2, 0.25) is 0 Å². The average Bonchev–Trinajstić information content (AvgIpc) is 2.72. The van der Waals surface area contributed by atoms with Crippen molar-refractivity contribution in [2.45, 2.75) is 52.3 Å². The molecule has 2 heterocycles. The van der Waals surface area contributed by atoms with Crippen LogP contribution in [-0.2, 0) is 17.8 Å². The summed E-state index contributed by atoms with van der Waals surface area (Å²) >= 11 is 0. The molecule has 1 fully saturated rings. The van der Waals surface area contributed by atoms with E-state index >= 15 is 0 Å². The van der Waals surface area contributed by atoms with E-state index in [0.29, 0.717) is 12.5 Å². The summed E-state index contributed by atoms with van der Waals surface area (Å²) < 4.78 is 7.68. The van der Waals surface area contributed by atoms with E-state index in [2.05, 4.69) is 24.2 Å². The first-order valence-corrected chi connectivity index (χ1v) is 6.46. The Kier molecular flexibility index (Phi) is 4.12. The number of aromatic nitrogens is 3. The number of rotatable bonds is 4. The molecule has 0 spiro atoms. The Morgan fingerprint density at radius 2 is 2.29 bits per heavy atom. The zero-order chi connectivity index (χ0) is 12.3. The largest absolute Gasteiger partial charge is 0.372 e. The van der Waals surface area contributed by atoms with Crippen molar-refractivity contribution in [3.05, 3.63) is 11.4 Å². The maximum absolute atomic E-state index is 5.82. The Morgan fingerprint density at radius 1 is 1.47 bits per heavy atom. The Balaban J connectivity index is 2.18. The summed E-state index contributed by atoms with van der Waals surface area (Å²) in [5.74, 6) is 0.544. The van der Waals surface area contributed by atoms with Crippen LogP contribution in [-0.4, -0.2) is 21.6 Å². The number of hydrogen-bond donors (Lipinski definition) is 1. The van der Waals surface area contributed by atoms with Crippen molar-refractivity contribution in [2.24, 2.45) is 11.7 Å². The summed E-state index contributed by atoms with van der Waals surface area (Å²) in [7, 11) is 0. The lowest BCUT2D eigenvalue weighted by Crippen LogP contribution is -2.17. The second kappa shape index (κ2) is 5.60. The molecule has 1 aromatic rings. The van der Waals surface area contributed by atoms with Gasteiger partial charge in [0.05, 0.1) is 5.69 Å². The Bertz CT molecular complexity index is 355. The smallest absolute Gasteiger partial charge is 0.116 e. The average molecular weight is 238 g/mol. The van der Waals surface area contributed by atoms with E-state index in [1.165, 1.54) is 6.42 Å². The predicted octanol–water partition coefficient (Wildman–Crippen LogP) is 1.63. The van der Waals surface area contributed by atoms with Crippen LogP contribution < -0.4 is 5.73 Å². The predicted molar refractivity (Wildman–Crippen MR) is 65.3 cm³/mol. The fraction of sp³-hybridized carbons (Fsp3) is 0.833. The van der Waals surface area contributed by atoms with Crippen LogP contribution in [0.3, 0.4) is 0 Å². The van der Waals surface area contributed by atoms with E-state index in [0.717, 1.165) is 37.4 Å². The minimum Gasteiger partial charge on any atom is -0.372 e. The lowest BCUT2D eigenvalue weighted by Gasteiger charge is -2.21. The van der Waals surface area contributed by atoms with Gasteiger partial charge in [0.15, 0.2) is 0 Å². The molecular formula is C12H22N4O. The van der Waals surface area contributed by atoms with Crippen LogP contribution in [0.4, 0.5) is 0 Å². The van der Waals surface area contributed by atoms with Crippen molar-refractivity contribution >= 4 is 0 Å². The number of nitrogens with two attached hydrogens (primary N) is 1. The third-order valence-corrected chi connectivity index (χ3v) is 3.08. The third kappa shape index (κ3) is 2.84. The Hall–Kier alpha value is -0.940. The summed E-state index contributed by atoms with van der Waals surface area (Å²) in [5.41, 5.74) is 7.81.